The first kappa shape index (κ1) is 15.8. The molecule has 1 saturated carbocycles. The molecule has 1 aromatic rings. The summed E-state index contributed by atoms with van der Waals surface area (Å²) < 4.78 is 23.3. The molecule has 20 heavy (non-hydrogen) atoms. The molecule has 2 rings (SSSR count). The minimum atomic E-state index is -3.64. The van der Waals surface area contributed by atoms with Crippen molar-refractivity contribution in [3.63, 3.8) is 0 Å². The van der Waals surface area contributed by atoms with E-state index in [9.17, 15) is 8.42 Å². The summed E-state index contributed by atoms with van der Waals surface area (Å²) in [4.78, 5) is 0.126. The van der Waals surface area contributed by atoms with Crippen LogP contribution >= 0.6 is 15.9 Å². The van der Waals surface area contributed by atoms with Crippen LogP contribution in [0, 0.1) is 11.8 Å². The maximum atomic E-state index is 11.3. The van der Waals surface area contributed by atoms with Crippen LogP contribution in [-0.4, -0.2) is 15.0 Å². The normalized spacial score (nSPS) is 23.6. The van der Waals surface area contributed by atoms with Crippen molar-refractivity contribution >= 4 is 31.6 Å². The number of nitrogens with one attached hydrogen (secondary N) is 1. The molecule has 0 aromatic heterocycles. The molecule has 0 aliphatic heterocycles. The molecule has 0 unspecified atom stereocenters. The van der Waals surface area contributed by atoms with Gasteiger partial charge in [0.25, 0.3) is 0 Å². The second-order valence-corrected chi connectivity index (χ2v) is 8.11. The molecule has 6 heteroatoms. The quantitative estimate of drug-likeness (QED) is 0.864. The predicted octanol–water partition coefficient (Wildman–Crippen LogP) is 3.33. The monoisotopic (exact) mass is 360 g/mol. The highest BCUT2D eigenvalue weighted by molar-refractivity contribution is 9.10. The van der Waals surface area contributed by atoms with E-state index in [0.29, 0.717) is 5.92 Å². The fourth-order valence-corrected chi connectivity index (χ4v) is 3.81. The fourth-order valence-electron chi connectivity index (χ4n) is 2.60. The Kier molecular flexibility index (Phi) is 5.09. The third-order valence-electron chi connectivity index (χ3n) is 3.99. The number of nitrogens with two attached hydrogens (primary N) is 1. The summed E-state index contributed by atoms with van der Waals surface area (Å²) in [6, 6.07) is 4.83. The predicted molar refractivity (Wildman–Crippen MR) is 85.1 cm³/mol. The summed E-state index contributed by atoms with van der Waals surface area (Å²) in [5.41, 5.74) is 0.913. The molecule has 1 aromatic carbocycles. The molecule has 0 amide bonds. The van der Waals surface area contributed by atoms with Crippen molar-refractivity contribution in [2.45, 2.75) is 37.5 Å². The van der Waals surface area contributed by atoms with Gasteiger partial charge >= 0.3 is 0 Å². The van der Waals surface area contributed by atoms with Crippen LogP contribution in [0.25, 0.3) is 0 Å². The van der Waals surface area contributed by atoms with Gasteiger partial charge in [-0.3, -0.25) is 0 Å². The molecule has 0 bridgehead atoms. The molecule has 0 radical (unpaired) electrons. The molecule has 3 N–H and O–H groups in total. The average Bonchev–Trinajstić information content (AvgIpc) is 2.38. The summed E-state index contributed by atoms with van der Waals surface area (Å²) in [5, 5.41) is 8.50. The maximum Gasteiger partial charge on any atom is 0.238 e. The van der Waals surface area contributed by atoms with Gasteiger partial charge in [0.15, 0.2) is 0 Å². The lowest BCUT2D eigenvalue weighted by molar-refractivity contribution is 0.300. The van der Waals surface area contributed by atoms with Gasteiger partial charge in [-0.15, -0.1) is 0 Å². The Morgan fingerprint density at radius 3 is 2.50 bits per heavy atom. The largest absolute Gasteiger partial charge is 0.384 e. The van der Waals surface area contributed by atoms with Crippen LogP contribution in [0.1, 0.15) is 32.6 Å². The van der Waals surface area contributed by atoms with Gasteiger partial charge in [-0.05, 0) is 58.8 Å². The summed E-state index contributed by atoms with van der Waals surface area (Å²) in [5.74, 6) is 1.56. The number of halogens is 1. The lowest BCUT2D eigenvalue weighted by atomic mass is 9.83. The van der Waals surface area contributed by atoms with E-state index in [-0.39, 0.29) is 4.90 Å². The van der Waals surface area contributed by atoms with Crippen LogP contribution < -0.4 is 10.5 Å². The lowest BCUT2D eigenvalue weighted by Gasteiger charge is -2.26. The summed E-state index contributed by atoms with van der Waals surface area (Å²) in [7, 11) is -3.64. The molecular formula is C14H21BrN2O2S. The van der Waals surface area contributed by atoms with E-state index in [1.165, 1.54) is 31.7 Å². The Balaban J connectivity index is 1.97. The Morgan fingerprint density at radius 2 is 1.95 bits per heavy atom. The van der Waals surface area contributed by atoms with Gasteiger partial charge < -0.3 is 5.32 Å². The molecule has 0 heterocycles. The molecule has 1 fully saturated rings. The first-order valence-electron chi connectivity index (χ1n) is 6.92. The Labute approximate surface area is 129 Å². The molecule has 112 valence electrons. The Morgan fingerprint density at radius 1 is 1.30 bits per heavy atom. The average molecular weight is 361 g/mol. The number of sulfonamides is 1. The number of hydrogen-bond acceptors (Lipinski definition) is 3. The fraction of sp³-hybridized carbons (Fsp3) is 0.571. The van der Waals surface area contributed by atoms with Crippen LogP contribution in [0.4, 0.5) is 5.69 Å². The van der Waals surface area contributed by atoms with E-state index in [0.717, 1.165) is 22.6 Å². The third-order valence-corrected chi connectivity index (χ3v) is 5.55. The summed E-state index contributed by atoms with van der Waals surface area (Å²) >= 11 is 3.39. The number of benzene rings is 1. The van der Waals surface area contributed by atoms with Crippen molar-refractivity contribution in [3.05, 3.63) is 22.7 Å². The van der Waals surface area contributed by atoms with Crippen molar-refractivity contribution in [1.29, 1.82) is 0 Å². The lowest BCUT2D eigenvalue weighted by Crippen LogP contribution is -2.20. The van der Waals surface area contributed by atoms with Gasteiger partial charge in [0.05, 0.1) is 4.90 Å². The molecule has 0 saturated heterocycles. The zero-order valence-corrected chi connectivity index (χ0v) is 14.0. The molecular weight excluding hydrogens is 340 g/mol. The molecule has 0 atom stereocenters. The zero-order valence-electron chi connectivity index (χ0n) is 11.6. The topological polar surface area (TPSA) is 72.2 Å². The van der Waals surface area contributed by atoms with Crippen LogP contribution in [-0.2, 0) is 10.0 Å². The molecule has 4 nitrogen and oxygen atoms in total. The highest BCUT2D eigenvalue weighted by Crippen LogP contribution is 2.30. The van der Waals surface area contributed by atoms with Crippen LogP contribution in [0.3, 0.4) is 0 Å². The van der Waals surface area contributed by atoms with Gasteiger partial charge in [-0.25, -0.2) is 13.6 Å². The van der Waals surface area contributed by atoms with Gasteiger partial charge in [-0.2, -0.15) is 0 Å². The van der Waals surface area contributed by atoms with Gasteiger partial charge in [0.2, 0.25) is 10.0 Å². The first-order chi connectivity index (χ1) is 9.36. The SMILES string of the molecule is CC1CCC(CNc2ccc(S(N)(=O)=O)cc2Br)CC1. The van der Waals surface area contributed by atoms with Crippen molar-refractivity contribution < 1.29 is 8.42 Å². The Hall–Kier alpha value is -0.590. The summed E-state index contributed by atoms with van der Waals surface area (Å²) in [6.07, 6.45) is 5.14. The highest BCUT2D eigenvalue weighted by Gasteiger charge is 2.18. The van der Waals surface area contributed by atoms with Crippen LogP contribution in [0.5, 0.6) is 0 Å². The zero-order chi connectivity index (χ0) is 14.8. The van der Waals surface area contributed by atoms with Gasteiger partial charge in [0, 0.05) is 16.7 Å². The van der Waals surface area contributed by atoms with E-state index in [1.807, 2.05) is 0 Å². The maximum absolute atomic E-state index is 11.3. The van der Waals surface area contributed by atoms with Crippen molar-refractivity contribution in [3.8, 4) is 0 Å². The van der Waals surface area contributed by atoms with E-state index >= 15 is 0 Å². The number of rotatable bonds is 4. The smallest absolute Gasteiger partial charge is 0.238 e. The van der Waals surface area contributed by atoms with E-state index in [2.05, 4.69) is 28.2 Å². The number of anilines is 1. The Bertz CT molecular complexity index is 567. The summed E-state index contributed by atoms with van der Waals surface area (Å²) in [6.45, 7) is 3.24. The molecule has 0 spiro atoms. The van der Waals surface area contributed by atoms with E-state index in [4.69, 9.17) is 5.14 Å². The van der Waals surface area contributed by atoms with Crippen molar-refractivity contribution in [1.82, 2.24) is 0 Å². The molecule has 1 aliphatic rings. The highest BCUT2D eigenvalue weighted by atomic mass is 79.9. The van der Waals surface area contributed by atoms with Crippen LogP contribution in [0.2, 0.25) is 0 Å². The standard InChI is InChI=1S/C14H21BrN2O2S/c1-10-2-4-11(5-3-10)9-17-14-7-6-12(8-13(14)15)20(16,18)19/h6-8,10-11,17H,2-5,9H2,1H3,(H2,16,18,19). The van der Waals surface area contributed by atoms with E-state index in [1.54, 1.807) is 12.1 Å². The second kappa shape index (κ2) is 6.45. The number of primary sulfonamides is 1. The van der Waals surface area contributed by atoms with Gasteiger partial charge in [0.1, 0.15) is 0 Å². The van der Waals surface area contributed by atoms with E-state index < -0.39 is 10.0 Å². The van der Waals surface area contributed by atoms with Crippen LogP contribution in [0.15, 0.2) is 27.6 Å². The van der Waals surface area contributed by atoms with Crippen molar-refractivity contribution in [2.24, 2.45) is 17.0 Å². The van der Waals surface area contributed by atoms with Gasteiger partial charge in [-0.1, -0.05) is 19.8 Å². The second-order valence-electron chi connectivity index (χ2n) is 5.69. The minimum Gasteiger partial charge on any atom is -0.384 e. The number of hydrogen-bond donors (Lipinski definition) is 2. The first-order valence-corrected chi connectivity index (χ1v) is 9.26. The van der Waals surface area contributed by atoms with Crippen molar-refractivity contribution in [2.75, 3.05) is 11.9 Å². The third kappa shape index (κ3) is 4.20. The minimum absolute atomic E-state index is 0.126. The molecule has 1 aliphatic carbocycles.